The van der Waals surface area contributed by atoms with Crippen molar-refractivity contribution < 1.29 is 18.7 Å². The van der Waals surface area contributed by atoms with E-state index in [0.29, 0.717) is 24.7 Å². The number of ether oxygens (including phenoxy) is 2. The Morgan fingerprint density at radius 3 is 2.53 bits per heavy atom. The van der Waals surface area contributed by atoms with Crippen LogP contribution in [0.1, 0.15) is 42.4 Å². The van der Waals surface area contributed by atoms with Crippen molar-refractivity contribution in [3.8, 4) is 11.5 Å². The van der Waals surface area contributed by atoms with Gasteiger partial charge < -0.3 is 14.8 Å². The Labute approximate surface area is 187 Å². The van der Waals surface area contributed by atoms with E-state index in [4.69, 9.17) is 9.47 Å². The van der Waals surface area contributed by atoms with Crippen molar-refractivity contribution in [2.75, 3.05) is 7.11 Å². The maximum atomic E-state index is 13.8. The lowest BCUT2D eigenvalue weighted by atomic mass is 9.78. The lowest BCUT2D eigenvalue weighted by molar-refractivity contribution is -0.126. The van der Waals surface area contributed by atoms with Crippen molar-refractivity contribution in [2.24, 2.45) is 0 Å². The summed E-state index contributed by atoms with van der Waals surface area (Å²) in [6.45, 7) is 0.766. The molecule has 0 aliphatic heterocycles. The zero-order chi connectivity index (χ0) is 22.4. The van der Waals surface area contributed by atoms with Gasteiger partial charge in [-0.25, -0.2) is 4.39 Å². The van der Waals surface area contributed by atoms with E-state index in [0.717, 1.165) is 42.4 Å². The maximum absolute atomic E-state index is 13.8. The molecule has 0 radical (unpaired) electrons. The predicted octanol–water partition coefficient (Wildman–Crippen LogP) is 4.94. The fourth-order valence-corrected chi connectivity index (χ4v) is 4.34. The monoisotopic (exact) mass is 434 g/mol. The van der Waals surface area contributed by atoms with Crippen LogP contribution in [0, 0.1) is 5.82 Å². The molecule has 1 amide bonds. The van der Waals surface area contributed by atoms with Crippen molar-refractivity contribution in [1.29, 1.82) is 0 Å². The van der Waals surface area contributed by atoms with Crippen LogP contribution in [0.3, 0.4) is 0 Å². The number of carbonyl (C=O) groups excluding carboxylic acids is 1. The zero-order valence-electron chi connectivity index (χ0n) is 18.1. The van der Waals surface area contributed by atoms with Crippen LogP contribution in [0.5, 0.6) is 11.5 Å². The molecule has 0 atom stereocenters. The maximum Gasteiger partial charge on any atom is 0.230 e. The summed E-state index contributed by atoms with van der Waals surface area (Å²) in [4.78, 5) is 17.2. The van der Waals surface area contributed by atoms with Crippen molar-refractivity contribution >= 4 is 5.91 Å². The first-order valence-electron chi connectivity index (χ1n) is 10.8. The molecule has 2 aromatic carbocycles. The largest absolute Gasteiger partial charge is 0.493 e. The lowest BCUT2D eigenvalue weighted by Crippen LogP contribution is -2.42. The average Bonchev–Trinajstić information content (AvgIpc) is 3.33. The number of carbonyl (C=O) groups is 1. The van der Waals surface area contributed by atoms with E-state index < -0.39 is 5.41 Å². The number of methoxy groups -OCH3 is 1. The number of hydrogen-bond donors (Lipinski definition) is 1. The smallest absolute Gasteiger partial charge is 0.230 e. The van der Waals surface area contributed by atoms with Crippen molar-refractivity contribution in [3.63, 3.8) is 0 Å². The van der Waals surface area contributed by atoms with Crippen LogP contribution in [0.25, 0.3) is 0 Å². The Morgan fingerprint density at radius 2 is 1.81 bits per heavy atom. The Kier molecular flexibility index (Phi) is 6.69. The number of halogens is 1. The van der Waals surface area contributed by atoms with Crippen molar-refractivity contribution in [3.05, 3.63) is 89.5 Å². The normalized spacial score (nSPS) is 14.7. The summed E-state index contributed by atoms with van der Waals surface area (Å²) in [6.07, 6.45) is 6.83. The topological polar surface area (TPSA) is 60.5 Å². The molecular formula is C26H27FN2O3. The zero-order valence-corrected chi connectivity index (χ0v) is 18.1. The van der Waals surface area contributed by atoms with Crippen molar-refractivity contribution in [2.45, 2.75) is 44.2 Å². The summed E-state index contributed by atoms with van der Waals surface area (Å²) in [5.41, 5.74) is 2.00. The van der Waals surface area contributed by atoms with Gasteiger partial charge in [0.2, 0.25) is 5.91 Å². The predicted molar refractivity (Wildman–Crippen MR) is 120 cm³/mol. The molecule has 32 heavy (non-hydrogen) atoms. The molecule has 0 bridgehead atoms. The summed E-state index contributed by atoms with van der Waals surface area (Å²) in [6, 6.07) is 15.8. The first kappa shape index (κ1) is 21.8. The molecule has 6 heteroatoms. The highest BCUT2D eigenvalue weighted by molar-refractivity contribution is 5.88. The molecule has 1 fully saturated rings. The van der Waals surface area contributed by atoms with Gasteiger partial charge in [-0.2, -0.15) is 0 Å². The fraction of sp³-hybridized carbons (Fsp3) is 0.308. The second-order valence-corrected chi connectivity index (χ2v) is 8.11. The van der Waals surface area contributed by atoms with Gasteiger partial charge in [0.25, 0.3) is 0 Å². The van der Waals surface area contributed by atoms with Crippen LogP contribution in [0.15, 0.2) is 67.0 Å². The minimum atomic E-state index is -0.667. The van der Waals surface area contributed by atoms with Gasteiger partial charge >= 0.3 is 0 Å². The van der Waals surface area contributed by atoms with Gasteiger partial charge in [-0.15, -0.1) is 0 Å². The van der Waals surface area contributed by atoms with Gasteiger partial charge in [0.1, 0.15) is 12.4 Å². The minimum absolute atomic E-state index is 0.0578. The number of benzene rings is 2. The van der Waals surface area contributed by atoms with Crippen LogP contribution >= 0.6 is 0 Å². The van der Waals surface area contributed by atoms with Crippen LogP contribution in [0.2, 0.25) is 0 Å². The Morgan fingerprint density at radius 1 is 1.03 bits per heavy atom. The first-order chi connectivity index (χ1) is 15.6. The molecule has 1 aliphatic rings. The number of rotatable bonds is 8. The molecule has 1 saturated carbocycles. The standard InChI is InChI=1S/C26H27FN2O3/c1-31-24-15-20(7-8-23(24)32-18-19-9-13-28-14-10-19)17-29-25(30)26(11-2-3-12-26)21-5-4-6-22(27)16-21/h4-10,13-16H,2-3,11-12,17-18H2,1H3,(H,29,30). The Hall–Kier alpha value is -3.41. The summed E-state index contributed by atoms with van der Waals surface area (Å²) < 4.78 is 25.2. The van der Waals surface area contributed by atoms with Crippen LogP contribution in [-0.4, -0.2) is 18.0 Å². The summed E-state index contributed by atoms with van der Waals surface area (Å²) >= 11 is 0. The number of nitrogens with one attached hydrogen (secondary N) is 1. The number of aromatic nitrogens is 1. The van der Waals surface area contributed by atoms with Gasteiger partial charge in [0.05, 0.1) is 12.5 Å². The lowest BCUT2D eigenvalue weighted by Gasteiger charge is -2.28. The Balaban J connectivity index is 1.44. The van der Waals surface area contributed by atoms with E-state index in [1.54, 1.807) is 25.6 Å². The number of nitrogens with zero attached hydrogens (tertiary/aromatic N) is 1. The average molecular weight is 435 g/mol. The SMILES string of the molecule is COc1cc(CNC(=O)C2(c3cccc(F)c3)CCCC2)ccc1OCc1ccncc1. The van der Waals surface area contributed by atoms with Gasteiger partial charge in [0.15, 0.2) is 11.5 Å². The molecular weight excluding hydrogens is 407 g/mol. The van der Waals surface area contributed by atoms with Gasteiger partial charge in [-0.05, 0) is 65.9 Å². The Bertz CT molecular complexity index is 1070. The summed E-state index contributed by atoms with van der Waals surface area (Å²) in [7, 11) is 1.59. The first-order valence-corrected chi connectivity index (χ1v) is 10.8. The highest BCUT2D eigenvalue weighted by Crippen LogP contribution is 2.41. The van der Waals surface area contributed by atoms with Gasteiger partial charge in [-0.3, -0.25) is 9.78 Å². The van der Waals surface area contributed by atoms with E-state index in [1.807, 2.05) is 36.4 Å². The second-order valence-electron chi connectivity index (χ2n) is 8.11. The number of amides is 1. The third kappa shape index (κ3) is 4.74. The third-order valence-electron chi connectivity index (χ3n) is 6.09. The van der Waals surface area contributed by atoms with E-state index >= 15 is 0 Å². The number of hydrogen-bond acceptors (Lipinski definition) is 4. The van der Waals surface area contributed by atoms with E-state index in [9.17, 15) is 9.18 Å². The molecule has 4 rings (SSSR count). The quantitative estimate of drug-likeness (QED) is 0.546. The number of pyridine rings is 1. The van der Waals surface area contributed by atoms with Crippen LogP contribution < -0.4 is 14.8 Å². The van der Waals surface area contributed by atoms with Crippen LogP contribution in [0.4, 0.5) is 4.39 Å². The van der Waals surface area contributed by atoms with Crippen LogP contribution in [-0.2, 0) is 23.4 Å². The minimum Gasteiger partial charge on any atom is -0.493 e. The molecule has 5 nitrogen and oxygen atoms in total. The summed E-state index contributed by atoms with van der Waals surface area (Å²) in [5, 5.41) is 3.06. The molecule has 0 spiro atoms. The van der Waals surface area contributed by atoms with E-state index in [2.05, 4.69) is 10.3 Å². The summed E-state index contributed by atoms with van der Waals surface area (Å²) in [5.74, 6) is 0.865. The van der Waals surface area contributed by atoms with Gasteiger partial charge in [-0.1, -0.05) is 31.0 Å². The highest BCUT2D eigenvalue weighted by atomic mass is 19.1. The van der Waals surface area contributed by atoms with Gasteiger partial charge in [0, 0.05) is 18.9 Å². The molecule has 1 aromatic heterocycles. The molecule has 166 valence electrons. The second kappa shape index (κ2) is 9.81. The molecule has 1 heterocycles. The third-order valence-corrected chi connectivity index (χ3v) is 6.09. The fourth-order valence-electron chi connectivity index (χ4n) is 4.34. The molecule has 3 aromatic rings. The van der Waals surface area contributed by atoms with E-state index in [-0.39, 0.29) is 11.7 Å². The molecule has 1 N–H and O–H groups in total. The highest BCUT2D eigenvalue weighted by Gasteiger charge is 2.42. The van der Waals surface area contributed by atoms with E-state index in [1.165, 1.54) is 12.1 Å². The molecule has 0 unspecified atom stereocenters. The molecule has 1 aliphatic carbocycles. The van der Waals surface area contributed by atoms with Crippen molar-refractivity contribution in [1.82, 2.24) is 10.3 Å². The molecule has 0 saturated heterocycles.